The Labute approximate surface area is 106 Å². The van der Waals surface area contributed by atoms with E-state index in [1.165, 1.54) is 11.3 Å². The third kappa shape index (κ3) is 4.01. The van der Waals surface area contributed by atoms with Crippen LogP contribution in [0.2, 0.25) is 0 Å². The zero-order valence-electron chi connectivity index (χ0n) is 9.13. The van der Waals surface area contributed by atoms with Crippen LogP contribution in [0.25, 0.3) is 0 Å². The lowest BCUT2D eigenvalue weighted by atomic mass is 10.1. The second kappa shape index (κ2) is 6.55. The van der Waals surface area contributed by atoms with Crippen molar-refractivity contribution in [3.8, 4) is 0 Å². The molecule has 0 bridgehead atoms. The third-order valence-electron chi connectivity index (χ3n) is 2.61. The minimum atomic E-state index is -0.228. The molecule has 4 heteroatoms. The van der Waals surface area contributed by atoms with E-state index in [0.29, 0.717) is 5.25 Å². The van der Waals surface area contributed by atoms with Crippen molar-refractivity contribution >= 4 is 23.9 Å². The van der Waals surface area contributed by atoms with Crippen LogP contribution in [-0.2, 0) is 0 Å². The highest BCUT2D eigenvalue weighted by molar-refractivity contribution is 8.15. The van der Waals surface area contributed by atoms with E-state index in [2.05, 4.69) is 28.4 Å². The third-order valence-corrected chi connectivity index (χ3v) is 4.57. The number of nitrogens with one attached hydrogen (secondary N) is 1. The maximum absolute atomic E-state index is 9.32. The molecule has 0 heterocycles. The fraction of sp³-hybridized carbons (Fsp3) is 0.500. The van der Waals surface area contributed by atoms with E-state index in [0.717, 1.165) is 19.3 Å². The minimum absolute atomic E-state index is 0.228. The van der Waals surface area contributed by atoms with Gasteiger partial charge < -0.3 is 5.11 Å². The summed E-state index contributed by atoms with van der Waals surface area (Å²) in [6.07, 6.45) is 14.7. The van der Waals surface area contributed by atoms with Crippen LogP contribution in [0.15, 0.2) is 35.3 Å². The first kappa shape index (κ1) is 12.3. The van der Waals surface area contributed by atoms with Gasteiger partial charge in [-0.3, -0.25) is 0 Å². The molecule has 1 unspecified atom stereocenters. The standard InChI is InChI=1S/C12H17NOS2/c14-10-6-8-12(9-7-10)16-13-15-11-4-2-1-3-5-11/h2,4-6,8,10,12-14H,1,3,7,9H2/t10-,12?/m0/s1. The lowest BCUT2D eigenvalue weighted by molar-refractivity contribution is 0.205. The molecule has 16 heavy (non-hydrogen) atoms. The number of rotatable bonds is 4. The molecule has 0 aliphatic heterocycles. The average molecular weight is 255 g/mol. The number of hydrogen-bond donors (Lipinski definition) is 2. The van der Waals surface area contributed by atoms with Crippen LogP contribution >= 0.6 is 23.9 Å². The van der Waals surface area contributed by atoms with Gasteiger partial charge in [0.25, 0.3) is 0 Å². The lowest BCUT2D eigenvalue weighted by Crippen LogP contribution is -2.15. The summed E-state index contributed by atoms with van der Waals surface area (Å²) in [5, 5.41) is 9.81. The summed E-state index contributed by atoms with van der Waals surface area (Å²) in [5.41, 5.74) is 0. The molecule has 2 nitrogen and oxygen atoms in total. The highest BCUT2D eigenvalue weighted by Crippen LogP contribution is 2.26. The molecule has 2 N–H and O–H groups in total. The van der Waals surface area contributed by atoms with E-state index < -0.39 is 0 Å². The summed E-state index contributed by atoms with van der Waals surface area (Å²) in [7, 11) is 0. The minimum Gasteiger partial charge on any atom is -0.389 e. The van der Waals surface area contributed by atoms with Gasteiger partial charge in [-0.1, -0.05) is 42.3 Å². The molecule has 0 aromatic carbocycles. The van der Waals surface area contributed by atoms with Crippen molar-refractivity contribution in [3.63, 3.8) is 0 Å². The van der Waals surface area contributed by atoms with Crippen LogP contribution in [0.5, 0.6) is 0 Å². The Balaban J connectivity index is 1.66. The number of allylic oxidation sites excluding steroid dienone is 3. The van der Waals surface area contributed by atoms with Crippen LogP contribution in [0.1, 0.15) is 25.7 Å². The summed E-state index contributed by atoms with van der Waals surface area (Å²) in [6, 6.07) is 0. The topological polar surface area (TPSA) is 32.3 Å². The van der Waals surface area contributed by atoms with E-state index in [4.69, 9.17) is 0 Å². The van der Waals surface area contributed by atoms with Crippen molar-refractivity contribution in [2.24, 2.45) is 0 Å². The van der Waals surface area contributed by atoms with Crippen LogP contribution in [0.4, 0.5) is 0 Å². The fourth-order valence-electron chi connectivity index (χ4n) is 1.68. The Morgan fingerprint density at radius 3 is 2.88 bits per heavy atom. The van der Waals surface area contributed by atoms with Gasteiger partial charge in [-0.05, 0) is 37.6 Å². The fourth-order valence-corrected chi connectivity index (χ4v) is 3.54. The SMILES string of the molecule is O[C@H]1C=CC(SNSC2=CCCC=C2)CC1. The van der Waals surface area contributed by atoms with Crippen LogP contribution in [0, 0.1) is 0 Å². The van der Waals surface area contributed by atoms with Gasteiger partial charge in [-0.15, -0.1) is 0 Å². The average Bonchev–Trinajstić information content (AvgIpc) is 2.33. The van der Waals surface area contributed by atoms with Crippen molar-refractivity contribution in [2.75, 3.05) is 0 Å². The monoisotopic (exact) mass is 255 g/mol. The number of aliphatic hydroxyl groups is 1. The van der Waals surface area contributed by atoms with Crippen molar-refractivity contribution in [1.82, 2.24) is 4.13 Å². The zero-order valence-corrected chi connectivity index (χ0v) is 10.8. The highest BCUT2D eigenvalue weighted by atomic mass is 32.2. The molecule has 2 aliphatic rings. The summed E-state index contributed by atoms with van der Waals surface area (Å²) in [5.74, 6) is 0. The Morgan fingerprint density at radius 2 is 2.19 bits per heavy atom. The predicted octanol–water partition coefficient (Wildman–Crippen LogP) is 3.19. The molecule has 2 aliphatic carbocycles. The van der Waals surface area contributed by atoms with Crippen molar-refractivity contribution in [2.45, 2.75) is 37.0 Å². The van der Waals surface area contributed by atoms with E-state index >= 15 is 0 Å². The zero-order chi connectivity index (χ0) is 11.2. The molecular formula is C12H17NOS2. The van der Waals surface area contributed by atoms with Crippen LogP contribution in [-0.4, -0.2) is 16.5 Å². The Bertz CT molecular complexity index is 312. The molecular weight excluding hydrogens is 238 g/mol. The largest absolute Gasteiger partial charge is 0.389 e. The van der Waals surface area contributed by atoms with Gasteiger partial charge in [-0.2, -0.15) is 0 Å². The van der Waals surface area contributed by atoms with E-state index in [1.807, 2.05) is 6.08 Å². The lowest BCUT2D eigenvalue weighted by Gasteiger charge is -2.19. The molecule has 0 fully saturated rings. The quantitative estimate of drug-likeness (QED) is 0.597. The van der Waals surface area contributed by atoms with Gasteiger partial charge >= 0.3 is 0 Å². The van der Waals surface area contributed by atoms with Gasteiger partial charge in [0.2, 0.25) is 0 Å². The Morgan fingerprint density at radius 1 is 1.25 bits per heavy atom. The van der Waals surface area contributed by atoms with E-state index in [9.17, 15) is 5.11 Å². The van der Waals surface area contributed by atoms with Crippen molar-refractivity contribution < 1.29 is 5.11 Å². The summed E-state index contributed by atoms with van der Waals surface area (Å²) >= 11 is 3.42. The van der Waals surface area contributed by atoms with Crippen LogP contribution < -0.4 is 4.13 Å². The van der Waals surface area contributed by atoms with Crippen LogP contribution in [0.3, 0.4) is 0 Å². The summed E-state index contributed by atoms with van der Waals surface area (Å²) in [4.78, 5) is 1.30. The summed E-state index contributed by atoms with van der Waals surface area (Å²) in [6.45, 7) is 0. The van der Waals surface area contributed by atoms with E-state index in [1.54, 1.807) is 23.9 Å². The molecule has 0 saturated heterocycles. The number of aliphatic hydroxyl groups excluding tert-OH is 1. The molecule has 0 aromatic heterocycles. The van der Waals surface area contributed by atoms with Gasteiger partial charge in [0, 0.05) is 10.2 Å². The smallest absolute Gasteiger partial charge is 0.0721 e. The normalized spacial score (nSPS) is 29.2. The molecule has 0 spiro atoms. The molecule has 0 saturated carbocycles. The predicted molar refractivity (Wildman–Crippen MR) is 72.9 cm³/mol. The van der Waals surface area contributed by atoms with Crippen molar-refractivity contribution in [3.05, 3.63) is 35.3 Å². The second-order valence-corrected chi connectivity index (χ2v) is 6.14. The van der Waals surface area contributed by atoms with Gasteiger partial charge in [0.15, 0.2) is 0 Å². The Kier molecular flexibility index (Phi) is 5.03. The molecule has 0 aromatic rings. The molecule has 2 rings (SSSR count). The van der Waals surface area contributed by atoms with Gasteiger partial charge in [0.1, 0.15) is 0 Å². The molecule has 2 atom stereocenters. The van der Waals surface area contributed by atoms with Gasteiger partial charge in [0.05, 0.1) is 6.10 Å². The van der Waals surface area contributed by atoms with Gasteiger partial charge in [-0.25, -0.2) is 4.13 Å². The maximum atomic E-state index is 9.32. The van der Waals surface area contributed by atoms with E-state index in [-0.39, 0.29) is 6.10 Å². The first-order valence-electron chi connectivity index (χ1n) is 5.65. The van der Waals surface area contributed by atoms with Crippen molar-refractivity contribution in [1.29, 1.82) is 0 Å². The molecule has 0 amide bonds. The Hall–Kier alpha value is -0.160. The maximum Gasteiger partial charge on any atom is 0.0721 e. The second-order valence-electron chi connectivity index (χ2n) is 3.96. The summed E-state index contributed by atoms with van der Waals surface area (Å²) < 4.78 is 3.32. The molecule has 0 radical (unpaired) electrons. The molecule has 88 valence electrons. The first-order chi connectivity index (χ1) is 7.84. The first-order valence-corrected chi connectivity index (χ1v) is 7.35. The highest BCUT2D eigenvalue weighted by Gasteiger charge is 2.13. The number of hydrogen-bond acceptors (Lipinski definition) is 4.